The molecule has 164 valence electrons. The van der Waals surface area contributed by atoms with Crippen LogP contribution in [0.4, 0.5) is 5.82 Å². The molecule has 1 amide bonds. The fraction of sp³-hybridized carbons (Fsp3) is 0.333. The van der Waals surface area contributed by atoms with Gasteiger partial charge in [0.05, 0.1) is 23.4 Å². The van der Waals surface area contributed by atoms with Gasteiger partial charge < -0.3 is 15.4 Å². The largest absolute Gasteiger partial charge is 0.381 e. The maximum absolute atomic E-state index is 13.0. The van der Waals surface area contributed by atoms with Crippen molar-refractivity contribution in [1.29, 1.82) is 0 Å². The first-order valence-corrected chi connectivity index (χ1v) is 11.0. The Morgan fingerprint density at radius 1 is 1.16 bits per heavy atom. The lowest BCUT2D eigenvalue weighted by Crippen LogP contribution is -2.29. The molecule has 32 heavy (non-hydrogen) atoms. The van der Waals surface area contributed by atoms with E-state index in [2.05, 4.69) is 30.8 Å². The van der Waals surface area contributed by atoms with Crippen LogP contribution in [0.1, 0.15) is 48.3 Å². The van der Waals surface area contributed by atoms with Gasteiger partial charge in [-0.2, -0.15) is 5.10 Å². The van der Waals surface area contributed by atoms with Crippen LogP contribution in [0, 0.1) is 0 Å². The van der Waals surface area contributed by atoms with E-state index in [9.17, 15) is 4.79 Å². The number of amides is 1. The summed E-state index contributed by atoms with van der Waals surface area (Å²) in [4.78, 5) is 22.2. The zero-order chi connectivity index (χ0) is 21.9. The molecule has 8 nitrogen and oxygen atoms in total. The fourth-order valence-corrected chi connectivity index (χ4v) is 4.24. The van der Waals surface area contributed by atoms with Crippen LogP contribution in [-0.4, -0.2) is 45.3 Å². The van der Waals surface area contributed by atoms with Crippen molar-refractivity contribution in [2.24, 2.45) is 0 Å². The molecule has 3 N–H and O–H groups in total. The highest BCUT2D eigenvalue weighted by molar-refractivity contribution is 5.99. The Hall–Kier alpha value is -3.52. The summed E-state index contributed by atoms with van der Waals surface area (Å²) >= 11 is 0. The molecule has 0 bridgehead atoms. The number of aromatic amines is 1. The number of nitrogens with zero attached hydrogens (tertiary/aromatic N) is 3. The minimum absolute atomic E-state index is 0.131. The summed E-state index contributed by atoms with van der Waals surface area (Å²) in [5.74, 6) is 0.720. The number of fused-ring (bicyclic) bond motifs is 2. The maximum Gasteiger partial charge on any atom is 0.251 e. The van der Waals surface area contributed by atoms with Gasteiger partial charge in [-0.05, 0) is 49.6 Å². The zero-order valence-corrected chi connectivity index (χ0v) is 18.0. The molecule has 1 saturated heterocycles. The third kappa shape index (κ3) is 4.01. The fourth-order valence-electron chi connectivity index (χ4n) is 4.24. The lowest BCUT2D eigenvalue weighted by atomic mass is 10.0. The number of H-pyrrole nitrogens is 1. The predicted molar refractivity (Wildman–Crippen MR) is 124 cm³/mol. The highest BCUT2D eigenvalue weighted by atomic mass is 16.5. The van der Waals surface area contributed by atoms with Crippen molar-refractivity contribution in [2.75, 3.05) is 18.5 Å². The average molecular weight is 431 g/mol. The molecule has 1 atom stereocenters. The van der Waals surface area contributed by atoms with Crippen LogP contribution in [0.5, 0.6) is 0 Å². The number of pyridine rings is 2. The maximum atomic E-state index is 13.0. The Balaban J connectivity index is 1.42. The number of carbonyl (C=O) groups excluding carboxylic acids is 1. The van der Waals surface area contributed by atoms with Gasteiger partial charge in [-0.25, -0.2) is 4.98 Å². The molecule has 0 aliphatic carbocycles. The van der Waals surface area contributed by atoms with Crippen LogP contribution in [-0.2, 0) is 4.74 Å². The minimum atomic E-state index is -0.218. The van der Waals surface area contributed by atoms with E-state index < -0.39 is 0 Å². The van der Waals surface area contributed by atoms with Crippen molar-refractivity contribution in [3.8, 4) is 0 Å². The Kier molecular flexibility index (Phi) is 5.68. The topological polar surface area (TPSA) is 105 Å². The number of aromatic nitrogens is 4. The molecule has 5 rings (SSSR count). The number of carbonyl (C=O) groups is 1. The molecule has 3 aromatic heterocycles. The van der Waals surface area contributed by atoms with Gasteiger partial charge in [0.1, 0.15) is 5.82 Å². The predicted octanol–water partition coefficient (Wildman–Crippen LogP) is 3.98. The van der Waals surface area contributed by atoms with E-state index in [0.717, 1.165) is 65.7 Å². The highest BCUT2D eigenvalue weighted by Gasteiger charge is 2.20. The summed E-state index contributed by atoms with van der Waals surface area (Å²) < 4.78 is 5.47. The molecular weight excluding hydrogens is 404 g/mol. The van der Waals surface area contributed by atoms with E-state index in [0.29, 0.717) is 11.6 Å². The summed E-state index contributed by atoms with van der Waals surface area (Å²) in [7, 11) is 0. The summed E-state index contributed by atoms with van der Waals surface area (Å²) in [6, 6.07) is 9.60. The van der Waals surface area contributed by atoms with Crippen LogP contribution in [0.3, 0.4) is 0 Å². The molecule has 1 fully saturated rings. The number of hydrogen-bond acceptors (Lipinski definition) is 6. The number of rotatable bonds is 6. The number of ether oxygens (including phenoxy) is 1. The molecule has 0 unspecified atom stereocenters. The molecule has 1 aliphatic heterocycles. The second kappa shape index (κ2) is 8.92. The van der Waals surface area contributed by atoms with Crippen molar-refractivity contribution in [3.63, 3.8) is 0 Å². The van der Waals surface area contributed by atoms with Crippen molar-refractivity contribution >= 4 is 33.4 Å². The van der Waals surface area contributed by atoms with Crippen LogP contribution in [0.2, 0.25) is 0 Å². The number of anilines is 1. The lowest BCUT2D eigenvalue weighted by molar-refractivity contribution is 0.0904. The van der Waals surface area contributed by atoms with Crippen molar-refractivity contribution in [1.82, 2.24) is 25.5 Å². The van der Waals surface area contributed by atoms with Gasteiger partial charge in [0, 0.05) is 53.4 Å². The number of hydrogen-bond donors (Lipinski definition) is 3. The second-order valence-electron chi connectivity index (χ2n) is 8.09. The van der Waals surface area contributed by atoms with Crippen LogP contribution in [0.25, 0.3) is 21.7 Å². The Morgan fingerprint density at radius 3 is 2.81 bits per heavy atom. The summed E-state index contributed by atoms with van der Waals surface area (Å²) in [6.07, 6.45) is 7.96. The van der Waals surface area contributed by atoms with Gasteiger partial charge in [0.15, 0.2) is 0 Å². The molecule has 0 radical (unpaired) electrons. The van der Waals surface area contributed by atoms with E-state index in [1.807, 2.05) is 31.2 Å². The van der Waals surface area contributed by atoms with Crippen molar-refractivity contribution in [2.45, 2.75) is 38.3 Å². The van der Waals surface area contributed by atoms with Crippen molar-refractivity contribution < 1.29 is 9.53 Å². The monoisotopic (exact) mass is 430 g/mol. The van der Waals surface area contributed by atoms with E-state index in [1.165, 1.54) is 0 Å². The lowest BCUT2D eigenvalue weighted by Gasteiger charge is -2.24. The van der Waals surface area contributed by atoms with Crippen LogP contribution < -0.4 is 10.6 Å². The van der Waals surface area contributed by atoms with E-state index >= 15 is 0 Å². The molecule has 0 saturated carbocycles. The Labute approximate surface area is 185 Å². The SMILES string of the molecule is CC[C@@H](NC(=O)c1ccc2[nH]ncc2c1)c1nccc2c(NC3CCOCC3)nccc12. The first-order valence-electron chi connectivity index (χ1n) is 11.0. The molecule has 4 heterocycles. The van der Waals surface area contributed by atoms with E-state index in [4.69, 9.17) is 4.74 Å². The normalized spacial score (nSPS) is 15.7. The molecule has 4 aromatic rings. The Bertz CT molecular complexity index is 1250. The highest BCUT2D eigenvalue weighted by Crippen LogP contribution is 2.29. The van der Waals surface area contributed by atoms with Gasteiger partial charge in [-0.1, -0.05) is 6.92 Å². The third-order valence-corrected chi connectivity index (χ3v) is 6.03. The smallest absolute Gasteiger partial charge is 0.251 e. The number of benzene rings is 1. The summed E-state index contributed by atoms with van der Waals surface area (Å²) in [5.41, 5.74) is 2.35. The molecular formula is C24H26N6O2. The van der Waals surface area contributed by atoms with Gasteiger partial charge in [-0.3, -0.25) is 14.9 Å². The standard InChI is InChI=1S/C24H26N6O2/c1-2-20(29-24(31)15-3-4-21-16(13-15)14-27-30-21)22-18-5-10-26-23(19(18)6-9-25-22)28-17-7-11-32-12-8-17/h3-6,9-10,13-14,17,20H,2,7-8,11-12H2,1H3,(H,26,28)(H,27,30)(H,29,31)/t20-/m1/s1. The molecule has 1 aromatic carbocycles. The third-order valence-electron chi connectivity index (χ3n) is 6.03. The van der Waals surface area contributed by atoms with Crippen molar-refractivity contribution in [3.05, 3.63) is 60.2 Å². The van der Waals surface area contributed by atoms with Crippen LogP contribution in [0.15, 0.2) is 48.9 Å². The molecule has 1 aliphatic rings. The minimum Gasteiger partial charge on any atom is -0.381 e. The van der Waals surface area contributed by atoms with Crippen LogP contribution >= 0.6 is 0 Å². The Morgan fingerprint density at radius 2 is 1.97 bits per heavy atom. The van der Waals surface area contributed by atoms with E-state index in [-0.39, 0.29) is 11.9 Å². The van der Waals surface area contributed by atoms with Gasteiger partial charge in [0.2, 0.25) is 0 Å². The first kappa shape index (κ1) is 20.4. The molecule has 8 heteroatoms. The zero-order valence-electron chi connectivity index (χ0n) is 18.0. The van der Waals surface area contributed by atoms with E-state index in [1.54, 1.807) is 24.7 Å². The molecule has 0 spiro atoms. The second-order valence-corrected chi connectivity index (χ2v) is 8.09. The van der Waals surface area contributed by atoms with Gasteiger partial charge in [0.25, 0.3) is 5.91 Å². The first-order chi connectivity index (χ1) is 15.7. The average Bonchev–Trinajstić information content (AvgIpc) is 3.31. The summed E-state index contributed by atoms with van der Waals surface area (Å²) in [5, 5.41) is 16.6. The number of nitrogens with one attached hydrogen (secondary N) is 3. The summed E-state index contributed by atoms with van der Waals surface area (Å²) in [6.45, 7) is 3.58. The van der Waals surface area contributed by atoms with Gasteiger partial charge in [-0.15, -0.1) is 0 Å². The quantitative estimate of drug-likeness (QED) is 0.427. The van der Waals surface area contributed by atoms with Gasteiger partial charge >= 0.3 is 0 Å².